The predicted molar refractivity (Wildman–Crippen MR) is 61.7 cm³/mol. The topological polar surface area (TPSA) is 60.4 Å². The number of benzene rings is 1. The molecule has 5 heteroatoms. The molecule has 0 aliphatic rings. The highest BCUT2D eigenvalue weighted by atomic mass is 16.4. The van der Waals surface area contributed by atoms with E-state index in [0.29, 0.717) is 11.6 Å². The monoisotopic (exact) mass is 227 g/mol. The van der Waals surface area contributed by atoms with Gasteiger partial charge in [0.1, 0.15) is 0 Å². The zero-order chi connectivity index (χ0) is 11.8. The second-order valence-corrected chi connectivity index (χ2v) is 3.70. The number of aryl methyl sites for hydroxylation is 1. The Labute approximate surface area is 96.3 Å². The Kier molecular flexibility index (Phi) is 2.04. The fraction of sp³-hybridized carbons (Fsp3) is 0.0833. The normalized spacial score (nSPS) is 10.9. The number of nitrogens with zero attached hydrogens (tertiary/aromatic N) is 3. The molecule has 0 unspecified atom stereocenters. The highest BCUT2D eigenvalue weighted by Crippen LogP contribution is 2.17. The van der Waals surface area contributed by atoms with Crippen molar-refractivity contribution in [3.8, 4) is 11.5 Å². The zero-order valence-corrected chi connectivity index (χ0v) is 9.12. The van der Waals surface area contributed by atoms with Crippen molar-refractivity contribution in [3.05, 3.63) is 52.4 Å². The van der Waals surface area contributed by atoms with Crippen molar-refractivity contribution in [3.63, 3.8) is 0 Å². The summed E-state index contributed by atoms with van der Waals surface area (Å²) in [6, 6.07) is 10.8. The van der Waals surface area contributed by atoms with Crippen LogP contribution in [-0.4, -0.2) is 14.6 Å². The number of fused-ring (bicyclic) bond motifs is 1. The molecule has 0 amide bonds. The summed E-state index contributed by atoms with van der Waals surface area (Å²) in [7, 11) is 0. The summed E-state index contributed by atoms with van der Waals surface area (Å²) in [6.45, 7) is 1.74. The highest BCUT2D eigenvalue weighted by Gasteiger charge is 2.10. The van der Waals surface area contributed by atoms with E-state index in [1.54, 1.807) is 6.92 Å². The van der Waals surface area contributed by atoms with Crippen molar-refractivity contribution < 1.29 is 4.42 Å². The van der Waals surface area contributed by atoms with Crippen LogP contribution >= 0.6 is 0 Å². The lowest BCUT2D eigenvalue weighted by molar-refractivity contribution is 0.600. The average molecular weight is 227 g/mol. The minimum absolute atomic E-state index is 0.217. The molecule has 0 saturated heterocycles. The van der Waals surface area contributed by atoms with E-state index in [0.717, 1.165) is 10.1 Å². The van der Waals surface area contributed by atoms with Crippen molar-refractivity contribution in [1.29, 1.82) is 0 Å². The molecule has 0 fully saturated rings. The molecule has 84 valence electrons. The fourth-order valence-corrected chi connectivity index (χ4v) is 1.62. The molecule has 5 nitrogen and oxygen atoms in total. The molecule has 3 aromatic rings. The molecule has 0 aliphatic carbocycles. The van der Waals surface area contributed by atoms with Gasteiger partial charge in [0.05, 0.1) is 0 Å². The molecule has 0 N–H and O–H groups in total. The Morgan fingerprint density at radius 3 is 2.76 bits per heavy atom. The largest absolute Gasteiger partial charge is 0.403 e. The first kappa shape index (κ1) is 9.77. The summed E-state index contributed by atoms with van der Waals surface area (Å²) >= 11 is 0. The van der Waals surface area contributed by atoms with Crippen LogP contribution in [0.25, 0.3) is 17.3 Å². The van der Waals surface area contributed by atoms with Crippen LogP contribution in [0.5, 0.6) is 0 Å². The third-order valence-corrected chi connectivity index (χ3v) is 2.39. The van der Waals surface area contributed by atoms with Crippen molar-refractivity contribution in [1.82, 2.24) is 14.6 Å². The Balaban J connectivity index is 2.28. The van der Waals surface area contributed by atoms with E-state index in [2.05, 4.69) is 10.1 Å². The van der Waals surface area contributed by atoms with Gasteiger partial charge in [0, 0.05) is 17.3 Å². The Morgan fingerprint density at radius 2 is 2.00 bits per heavy atom. The summed E-state index contributed by atoms with van der Waals surface area (Å²) in [4.78, 5) is 15.8. The van der Waals surface area contributed by atoms with Gasteiger partial charge >= 0.3 is 5.84 Å². The Morgan fingerprint density at radius 1 is 1.24 bits per heavy atom. The molecular weight excluding hydrogens is 218 g/mol. The first-order valence-electron chi connectivity index (χ1n) is 5.17. The minimum atomic E-state index is -0.238. The molecule has 0 spiro atoms. The SMILES string of the molecule is Cc1cc(=O)n2nc(-c3ccccc3)oc2n1. The van der Waals surface area contributed by atoms with E-state index >= 15 is 0 Å². The maximum Gasteiger partial charge on any atom is 0.328 e. The van der Waals surface area contributed by atoms with Crippen LogP contribution in [0.1, 0.15) is 5.69 Å². The highest BCUT2D eigenvalue weighted by molar-refractivity contribution is 5.53. The van der Waals surface area contributed by atoms with Gasteiger partial charge < -0.3 is 4.42 Å². The number of hydrogen-bond donors (Lipinski definition) is 0. The van der Waals surface area contributed by atoms with Crippen LogP contribution in [0.15, 0.2) is 45.6 Å². The first-order chi connectivity index (χ1) is 8.24. The molecule has 0 saturated carbocycles. The Hall–Kier alpha value is -2.43. The molecule has 3 rings (SSSR count). The van der Waals surface area contributed by atoms with Crippen molar-refractivity contribution >= 4 is 5.84 Å². The van der Waals surface area contributed by atoms with Gasteiger partial charge in [0.15, 0.2) is 0 Å². The van der Waals surface area contributed by atoms with Crippen LogP contribution in [0, 0.1) is 6.92 Å². The maximum absolute atomic E-state index is 11.6. The molecule has 17 heavy (non-hydrogen) atoms. The van der Waals surface area contributed by atoms with E-state index < -0.39 is 0 Å². The van der Waals surface area contributed by atoms with Gasteiger partial charge in [0.25, 0.3) is 5.56 Å². The summed E-state index contributed by atoms with van der Waals surface area (Å²) in [5.41, 5.74) is 1.19. The van der Waals surface area contributed by atoms with Crippen LogP contribution < -0.4 is 5.56 Å². The predicted octanol–water partition coefficient (Wildman–Crippen LogP) is 1.66. The van der Waals surface area contributed by atoms with E-state index in [1.165, 1.54) is 6.07 Å². The molecule has 0 bridgehead atoms. The maximum atomic E-state index is 11.6. The third kappa shape index (κ3) is 1.61. The van der Waals surface area contributed by atoms with E-state index in [1.807, 2.05) is 30.3 Å². The molecule has 1 aromatic carbocycles. The zero-order valence-electron chi connectivity index (χ0n) is 9.12. The van der Waals surface area contributed by atoms with Gasteiger partial charge in [-0.25, -0.2) is 0 Å². The van der Waals surface area contributed by atoms with E-state index in [-0.39, 0.29) is 11.4 Å². The summed E-state index contributed by atoms with van der Waals surface area (Å²) in [6.07, 6.45) is 0. The number of rotatable bonds is 1. The molecule has 0 aliphatic heterocycles. The minimum Gasteiger partial charge on any atom is -0.403 e. The first-order valence-corrected chi connectivity index (χ1v) is 5.17. The molecular formula is C12H9N3O2. The lowest BCUT2D eigenvalue weighted by atomic mass is 10.2. The van der Waals surface area contributed by atoms with Crippen molar-refractivity contribution in [2.24, 2.45) is 0 Å². The smallest absolute Gasteiger partial charge is 0.328 e. The molecule has 2 heterocycles. The number of aromatic nitrogens is 3. The van der Waals surface area contributed by atoms with Gasteiger partial charge in [0.2, 0.25) is 5.89 Å². The van der Waals surface area contributed by atoms with Gasteiger partial charge in [-0.05, 0) is 19.1 Å². The second kappa shape index (κ2) is 3.55. The summed E-state index contributed by atoms with van der Waals surface area (Å²) in [5.74, 6) is 0.606. The number of hydrogen-bond acceptors (Lipinski definition) is 4. The van der Waals surface area contributed by atoms with Gasteiger partial charge in [-0.15, -0.1) is 9.61 Å². The van der Waals surface area contributed by atoms with Gasteiger partial charge in [-0.3, -0.25) is 4.79 Å². The summed E-state index contributed by atoms with van der Waals surface area (Å²) < 4.78 is 6.62. The third-order valence-electron chi connectivity index (χ3n) is 2.39. The van der Waals surface area contributed by atoms with E-state index in [9.17, 15) is 4.79 Å². The molecule has 0 atom stereocenters. The van der Waals surface area contributed by atoms with Gasteiger partial charge in [-0.2, -0.15) is 4.98 Å². The lowest BCUT2D eigenvalue weighted by Gasteiger charge is -1.90. The second-order valence-electron chi connectivity index (χ2n) is 3.70. The standard InChI is InChI=1S/C12H9N3O2/c1-8-7-10(16)15-12(13-8)17-11(14-15)9-5-3-2-4-6-9/h2-7H,1H3. The fourth-order valence-electron chi connectivity index (χ4n) is 1.62. The molecule has 2 aromatic heterocycles. The lowest BCUT2D eigenvalue weighted by Crippen LogP contribution is -2.14. The van der Waals surface area contributed by atoms with Gasteiger partial charge in [-0.1, -0.05) is 18.2 Å². The average Bonchev–Trinajstić information content (AvgIpc) is 2.74. The summed E-state index contributed by atoms with van der Waals surface area (Å²) in [5, 5.41) is 4.10. The van der Waals surface area contributed by atoms with Crippen molar-refractivity contribution in [2.45, 2.75) is 6.92 Å². The molecule has 0 radical (unpaired) electrons. The Bertz CT molecular complexity index is 728. The van der Waals surface area contributed by atoms with Crippen LogP contribution in [0.2, 0.25) is 0 Å². The van der Waals surface area contributed by atoms with E-state index in [4.69, 9.17) is 4.42 Å². The van der Waals surface area contributed by atoms with Crippen molar-refractivity contribution in [2.75, 3.05) is 0 Å². The van der Waals surface area contributed by atoms with Crippen LogP contribution in [-0.2, 0) is 0 Å². The van der Waals surface area contributed by atoms with Crippen LogP contribution in [0.4, 0.5) is 0 Å². The van der Waals surface area contributed by atoms with Crippen LogP contribution in [0.3, 0.4) is 0 Å². The quantitative estimate of drug-likeness (QED) is 0.634.